The number of aryl methyl sites for hydroxylation is 1. The van der Waals surface area contributed by atoms with Crippen LogP contribution in [0.2, 0.25) is 0 Å². The summed E-state index contributed by atoms with van der Waals surface area (Å²) in [6.07, 6.45) is 2.64. The molecule has 0 saturated carbocycles. The van der Waals surface area contributed by atoms with E-state index in [2.05, 4.69) is 27.0 Å². The monoisotopic (exact) mass is 228 g/mol. The van der Waals surface area contributed by atoms with Gasteiger partial charge in [0.1, 0.15) is 0 Å². The number of aliphatic hydroxyl groups is 1. The van der Waals surface area contributed by atoms with Crippen molar-refractivity contribution in [2.75, 3.05) is 0 Å². The molecule has 5 heteroatoms. The smallest absolute Gasteiger partial charge is 0.203 e. The standard InChI is InChI=1S/C12H12N4O/c1-9(17)2-3-10-4-6-11(7-5-10)12-15-13-8-14-16-12/h4-8,17H,1-3H2. The molecule has 1 aromatic heterocycles. The van der Waals surface area contributed by atoms with Crippen LogP contribution < -0.4 is 0 Å². The van der Waals surface area contributed by atoms with Crippen LogP contribution in [-0.4, -0.2) is 25.5 Å². The van der Waals surface area contributed by atoms with Gasteiger partial charge in [-0.1, -0.05) is 30.8 Å². The van der Waals surface area contributed by atoms with Gasteiger partial charge in [-0.05, 0) is 12.0 Å². The van der Waals surface area contributed by atoms with Crippen LogP contribution in [0.15, 0.2) is 42.9 Å². The number of hydrogen-bond acceptors (Lipinski definition) is 5. The molecule has 0 saturated heterocycles. The highest BCUT2D eigenvalue weighted by molar-refractivity contribution is 5.53. The highest BCUT2D eigenvalue weighted by Crippen LogP contribution is 2.15. The van der Waals surface area contributed by atoms with Crippen LogP contribution in [0.5, 0.6) is 0 Å². The first kappa shape index (κ1) is 11.2. The Kier molecular flexibility index (Phi) is 3.40. The number of rotatable bonds is 4. The van der Waals surface area contributed by atoms with Gasteiger partial charge < -0.3 is 5.11 Å². The van der Waals surface area contributed by atoms with Gasteiger partial charge in [0.05, 0.1) is 5.76 Å². The van der Waals surface area contributed by atoms with Gasteiger partial charge in [0, 0.05) is 12.0 Å². The third-order valence-electron chi connectivity index (χ3n) is 2.32. The fourth-order valence-electron chi connectivity index (χ4n) is 1.43. The summed E-state index contributed by atoms with van der Waals surface area (Å²) in [6.45, 7) is 3.45. The van der Waals surface area contributed by atoms with Gasteiger partial charge in [-0.2, -0.15) is 0 Å². The maximum Gasteiger partial charge on any atom is 0.203 e. The van der Waals surface area contributed by atoms with Gasteiger partial charge >= 0.3 is 0 Å². The molecular formula is C12H12N4O. The number of hydrogen-bond donors (Lipinski definition) is 1. The Hall–Kier alpha value is -2.30. The Balaban J connectivity index is 2.11. The van der Waals surface area contributed by atoms with Gasteiger partial charge in [0.25, 0.3) is 0 Å². The molecule has 0 fully saturated rings. The number of nitrogens with zero attached hydrogens (tertiary/aromatic N) is 4. The second-order valence-electron chi connectivity index (χ2n) is 3.63. The molecule has 0 amide bonds. The van der Waals surface area contributed by atoms with Crippen LogP contribution in [-0.2, 0) is 6.42 Å². The first-order chi connectivity index (χ1) is 8.25. The topological polar surface area (TPSA) is 71.8 Å². The highest BCUT2D eigenvalue weighted by Gasteiger charge is 2.01. The average molecular weight is 228 g/mol. The van der Waals surface area contributed by atoms with Crippen molar-refractivity contribution in [3.05, 3.63) is 48.5 Å². The Bertz CT molecular complexity index is 496. The van der Waals surface area contributed by atoms with Crippen molar-refractivity contribution in [3.8, 4) is 11.4 Å². The van der Waals surface area contributed by atoms with E-state index in [9.17, 15) is 0 Å². The molecule has 0 bridgehead atoms. The molecule has 0 radical (unpaired) electrons. The summed E-state index contributed by atoms with van der Waals surface area (Å²) in [5.41, 5.74) is 2.00. The SMILES string of the molecule is C=C(O)CCc1ccc(-c2nncnn2)cc1. The lowest BCUT2D eigenvalue weighted by Gasteiger charge is -2.02. The van der Waals surface area contributed by atoms with E-state index in [-0.39, 0.29) is 5.76 Å². The molecule has 0 aliphatic heterocycles. The van der Waals surface area contributed by atoms with Crippen molar-refractivity contribution in [2.24, 2.45) is 0 Å². The molecule has 0 aliphatic carbocycles. The summed E-state index contributed by atoms with van der Waals surface area (Å²) in [7, 11) is 0. The lowest BCUT2D eigenvalue weighted by molar-refractivity contribution is 0.391. The fraction of sp³-hybridized carbons (Fsp3) is 0.167. The maximum absolute atomic E-state index is 9.02. The lowest BCUT2D eigenvalue weighted by Crippen LogP contribution is -1.94. The van der Waals surface area contributed by atoms with Crippen LogP contribution in [0.25, 0.3) is 11.4 Å². The van der Waals surface area contributed by atoms with Crippen LogP contribution in [0.4, 0.5) is 0 Å². The predicted octanol–water partition coefficient (Wildman–Crippen LogP) is 1.94. The van der Waals surface area contributed by atoms with Crippen molar-refractivity contribution in [3.63, 3.8) is 0 Å². The number of aromatic nitrogens is 4. The summed E-state index contributed by atoms with van der Waals surface area (Å²) in [5.74, 6) is 0.708. The van der Waals surface area contributed by atoms with Gasteiger partial charge in [0.15, 0.2) is 6.33 Å². The van der Waals surface area contributed by atoms with Crippen molar-refractivity contribution >= 4 is 0 Å². The second kappa shape index (κ2) is 5.16. The summed E-state index contributed by atoms with van der Waals surface area (Å²) >= 11 is 0. The van der Waals surface area contributed by atoms with E-state index in [1.165, 1.54) is 6.33 Å². The van der Waals surface area contributed by atoms with E-state index >= 15 is 0 Å². The quantitative estimate of drug-likeness (QED) is 0.809. The molecule has 17 heavy (non-hydrogen) atoms. The van der Waals surface area contributed by atoms with E-state index in [1.54, 1.807) is 0 Å². The van der Waals surface area contributed by atoms with Gasteiger partial charge in [-0.25, -0.2) is 0 Å². The number of allylic oxidation sites excluding steroid dienone is 1. The summed E-state index contributed by atoms with van der Waals surface area (Å²) in [6, 6.07) is 7.76. The summed E-state index contributed by atoms with van der Waals surface area (Å²) in [4.78, 5) is 0. The first-order valence-corrected chi connectivity index (χ1v) is 5.22. The predicted molar refractivity (Wildman–Crippen MR) is 63.1 cm³/mol. The largest absolute Gasteiger partial charge is 0.513 e. The molecule has 5 nitrogen and oxygen atoms in total. The molecule has 0 spiro atoms. The van der Waals surface area contributed by atoms with Gasteiger partial charge in [-0.3, -0.25) is 0 Å². The summed E-state index contributed by atoms with van der Waals surface area (Å²) in [5, 5.41) is 24.1. The molecule has 2 aromatic rings. The molecule has 86 valence electrons. The zero-order valence-electron chi connectivity index (χ0n) is 9.24. The Morgan fingerprint density at radius 1 is 1.12 bits per heavy atom. The van der Waals surface area contributed by atoms with Crippen LogP contribution in [0, 0.1) is 0 Å². The normalized spacial score (nSPS) is 10.1. The van der Waals surface area contributed by atoms with Crippen LogP contribution in [0.3, 0.4) is 0 Å². The third-order valence-corrected chi connectivity index (χ3v) is 2.32. The van der Waals surface area contributed by atoms with E-state index in [0.29, 0.717) is 12.2 Å². The average Bonchev–Trinajstić information content (AvgIpc) is 2.38. The molecule has 0 atom stereocenters. The first-order valence-electron chi connectivity index (χ1n) is 5.22. The number of aliphatic hydroxyl groups excluding tert-OH is 1. The fourth-order valence-corrected chi connectivity index (χ4v) is 1.43. The Morgan fingerprint density at radius 3 is 2.35 bits per heavy atom. The second-order valence-corrected chi connectivity index (χ2v) is 3.63. The van der Waals surface area contributed by atoms with Crippen LogP contribution in [0.1, 0.15) is 12.0 Å². The van der Waals surface area contributed by atoms with E-state index < -0.39 is 0 Å². The minimum absolute atomic E-state index is 0.203. The highest BCUT2D eigenvalue weighted by atomic mass is 16.3. The zero-order chi connectivity index (χ0) is 12.1. The van der Waals surface area contributed by atoms with E-state index in [1.807, 2.05) is 24.3 Å². The maximum atomic E-state index is 9.02. The van der Waals surface area contributed by atoms with Crippen molar-refractivity contribution in [1.82, 2.24) is 20.4 Å². The van der Waals surface area contributed by atoms with E-state index in [4.69, 9.17) is 5.11 Å². The van der Waals surface area contributed by atoms with E-state index in [0.717, 1.165) is 17.5 Å². The van der Waals surface area contributed by atoms with Crippen molar-refractivity contribution in [2.45, 2.75) is 12.8 Å². The van der Waals surface area contributed by atoms with Crippen molar-refractivity contribution in [1.29, 1.82) is 0 Å². The zero-order valence-corrected chi connectivity index (χ0v) is 9.24. The van der Waals surface area contributed by atoms with Gasteiger partial charge in [-0.15, -0.1) is 20.4 Å². The third kappa shape index (κ3) is 3.07. The summed E-state index contributed by atoms with van der Waals surface area (Å²) < 4.78 is 0. The molecule has 2 rings (SSSR count). The molecule has 1 heterocycles. The Morgan fingerprint density at radius 2 is 1.76 bits per heavy atom. The van der Waals surface area contributed by atoms with Crippen LogP contribution >= 0.6 is 0 Å². The molecular weight excluding hydrogens is 216 g/mol. The van der Waals surface area contributed by atoms with Crippen molar-refractivity contribution < 1.29 is 5.11 Å². The minimum Gasteiger partial charge on any atom is -0.513 e. The van der Waals surface area contributed by atoms with Gasteiger partial charge in [0.2, 0.25) is 5.82 Å². The molecule has 1 N–H and O–H groups in total. The minimum atomic E-state index is 0.203. The molecule has 0 aliphatic rings. The lowest BCUT2D eigenvalue weighted by atomic mass is 10.1. The molecule has 1 aromatic carbocycles. The number of benzene rings is 1. The Labute approximate surface area is 98.9 Å². The molecule has 0 unspecified atom stereocenters.